The van der Waals surface area contributed by atoms with Crippen molar-refractivity contribution in [1.29, 1.82) is 0 Å². The molecule has 1 N–H and O–H groups in total. The maximum Gasteiger partial charge on any atom is 0.225 e. The minimum absolute atomic E-state index is 0.0599. The number of nitrogens with one attached hydrogen (secondary N) is 1. The van der Waals surface area contributed by atoms with E-state index in [0.29, 0.717) is 6.54 Å². The first-order valence-corrected chi connectivity index (χ1v) is 8.13. The van der Waals surface area contributed by atoms with Gasteiger partial charge >= 0.3 is 0 Å². The van der Waals surface area contributed by atoms with Crippen LogP contribution in [0.2, 0.25) is 0 Å². The molecule has 6 nitrogen and oxygen atoms in total. The Balaban J connectivity index is 1.66. The predicted octanol–water partition coefficient (Wildman–Crippen LogP) is 1.17. The van der Waals surface area contributed by atoms with Crippen molar-refractivity contribution >= 4 is 11.8 Å². The first-order chi connectivity index (χ1) is 10.6. The largest absolute Gasteiger partial charge is 0.349 e. The molecule has 0 unspecified atom stereocenters. The number of likely N-dealkylation sites (tertiary alicyclic amines) is 1. The summed E-state index contributed by atoms with van der Waals surface area (Å²) in [5.74, 6) is 0.0528. The maximum absolute atomic E-state index is 12.6. The minimum Gasteiger partial charge on any atom is -0.349 e. The van der Waals surface area contributed by atoms with E-state index in [2.05, 4.69) is 10.4 Å². The second-order valence-corrected chi connectivity index (χ2v) is 6.43. The fourth-order valence-electron chi connectivity index (χ4n) is 3.62. The molecule has 1 aromatic rings. The number of carbonyl (C=O) groups excluding carboxylic acids is 2. The van der Waals surface area contributed by atoms with Gasteiger partial charge in [0.05, 0.1) is 18.2 Å². The number of aryl methyl sites for hydroxylation is 1. The van der Waals surface area contributed by atoms with Crippen molar-refractivity contribution in [1.82, 2.24) is 20.0 Å². The standard InChI is InChI=1S/C16H24N4O2/c1-11(21)20-8-4-5-12(10-20)16(22)18-14-6-3-7-15-13(14)9-17-19(15)2/h9,12,14H,3-8,10H2,1-2H3,(H,18,22)/t12-,14-/m0/s1. The number of rotatable bonds is 2. The lowest BCUT2D eigenvalue weighted by Gasteiger charge is -2.33. The summed E-state index contributed by atoms with van der Waals surface area (Å²) >= 11 is 0. The Labute approximate surface area is 130 Å². The normalized spacial score (nSPS) is 24.7. The highest BCUT2D eigenvalue weighted by molar-refractivity contribution is 5.81. The fourth-order valence-corrected chi connectivity index (χ4v) is 3.62. The van der Waals surface area contributed by atoms with Crippen LogP contribution in [0.3, 0.4) is 0 Å². The van der Waals surface area contributed by atoms with E-state index in [4.69, 9.17) is 0 Å². The van der Waals surface area contributed by atoms with Gasteiger partial charge in [0, 0.05) is 38.3 Å². The van der Waals surface area contributed by atoms with Crippen LogP contribution in [0.5, 0.6) is 0 Å². The van der Waals surface area contributed by atoms with Crippen LogP contribution < -0.4 is 5.32 Å². The topological polar surface area (TPSA) is 67.2 Å². The second kappa shape index (κ2) is 6.10. The van der Waals surface area contributed by atoms with Gasteiger partial charge in [-0.2, -0.15) is 5.10 Å². The molecule has 1 aliphatic carbocycles. The average molecular weight is 304 g/mol. The molecule has 22 heavy (non-hydrogen) atoms. The van der Waals surface area contributed by atoms with E-state index in [1.54, 1.807) is 11.8 Å². The summed E-state index contributed by atoms with van der Waals surface area (Å²) in [5, 5.41) is 7.50. The van der Waals surface area contributed by atoms with E-state index in [1.807, 2.05) is 17.9 Å². The van der Waals surface area contributed by atoms with Crippen molar-refractivity contribution in [2.75, 3.05) is 13.1 Å². The third-order valence-corrected chi connectivity index (χ3v) is 4.93. The molecule has 120 valence electrons. The molecule has 1 saturated heterocycles. The van der Waals surface area contributed by atoms with Crippen LogP contribution in [0.1, 0.15) is 49.9 Å². The van der Waals surface area contributed by atoms with Gasteiger partial charge in [0.1, 0.15) is 0 Å². The zero-order valence-electron chi connectivity index (χ0n) is 13.3. The molecule has 0 saturated carbocycles. The summed E-state index contributed by atoms with van der Waals surface area (Å²) in [6.07, 6.45) is 6.71. The second-order valence-electron chi connectivity index (χ2n) is 6.43. The number of hydrogen-bond donors (Lipinski definition) is 1. The van der Waals surface area contributed by atoms with Gasteiger partial charge in [0.25, 0.3) is 0 Å². The number of fused-ring (bicyclic) bond motifs is 1. The molecule has 3 rings (SSSR count). The summed E-state index contributed by atoms with van der Waals surface area (Å²) < 4.78 is 1.91. The summed E-state index contributed by atoms with van der Waals surface area (Å²) in [7, 11) is 1.95. The van der Waals surface area contributed by atoms with Crippen LogP contribution in [0.25, 0.3) is 0 Å². The van der Waals surface area contributed by atoms with Gasteiger partial charge in [0.2, 0.25) is 11.8 Å². The van der Waals surface area contributed by atoms with Crippen molar-refractivity contribution in [2.24, 2.45) is 13.0 Å². The monoisotopic (exact) mass is 304 g/mol. The SMILES string of the molecule is CC(=O)N1CCC[C@H](C(=O)N[C@H]2CCCc3c2cnn3C)C1. The molecule has 1 aromatic heterocycles. The summed E-state index contributed by atoms with van der Waals surface area (Å²) in [6.45, 7) is 2.90. The molecule has 2 heterocycles. The number of aromatic nitrogens is 2. The van der Waals surface area contributed by atoms with Gasteiger partial charge in [0.15, 0.2) is 0 Å². The highest BCUT2D eigenvalue weighted by Gasteiger charge is 2.30. The average Bonchev–Trinajstić information content (AvgIpc) is 2.90. The fraction of sp³-hybridized carbons (Fsp3) is 0.688. The lowest BCUT2D eigenvalue weighted by Crippen LogP contribution is -2.45. The molecule has 6 heteroatoms. The van der Waals surface area contributed by atoms with E-state index in [9.17, 15) is 9.59 Å². The lowest BCUT2D eigenvalue weighted by molar-refractivity contribution is -0.134. The Hall–Kier alpha value is -1.85. The van der Waals surface area contributed by atoms with E-state index >= 15 is 0 Å². The Bertz CT molecular complexity index is 581. The summed E-state index contributed by atoms with van der Waals surface area (Å²) in [4.78, 5) is 25.9. The van der Waals surface area contributed by atoms with E-state index < -0.39 is 0 Å². The highest BCUT2D eigenvalue weighted by atomic mass is 16.2. The third-order valence-electron chi connectivity index (χ3n) is 4.93. The van der Waals surface area contributed by atoms with Crippen molar-refractivity contribution in [3.63, 3.8) is 0 Å². The lowest BCUT2D eigenvalue weighted by atomic mass is 9.91. The molecule has 0 spiro atoms. The zero-order chi connectivity index (χ0) is 15.7. The van der Waals surface area contributed by atoms with Gasteiger partial charge in [-0.1, -0.05) is 0 Å². The van der Waals surface area contributed by atoms with E-state index in [1.165, 1.54) is 5.69 Å². The first-order valence-electron chi connectivity index (χ1n) is 8.13. The molecule has 0 bridgehead atoms. The van der Waals surface area contributed by atoms with Crippen LogP contribution in [0.4, 0.5) is 0 Å². The molecule has 1 aliphatic heterocycles. The predicted molar refractivity (Wildman–Crippen MR) is 82.0 cm³/mol. The van der Waals surface area contributed by atoms with Crippen LogP contribution >= 0.6 is 0 Å². The molecule has 2 amide bonds. The van der Waals surface area contributed by atoms with Gasteiger partial charge in [-0.05, 0) is 32.1 Å². The molecular weight excluding hydrogens is 280 g/mol. The van der Waals surface area contributed by atoms with Crippen molar-refractivity contribution in [2.45, 2.75) is 45.1 Å². The van der Waals surface area contributed by atoms with Gasteiger partial charge in [-0.3, -0.25) is 14.3 Å². The number of nitrogens with zero attached hydrogens (tertiary/aromatic N) is 3. The smallest absolute Gasteiger partial charge is 0.225 e. The van der Waals surface area contributed by atoms with Gasteiger partial charge < -0.3 is 10.2 Å². The summed E-state index contributed by atoms with van der Waals surface area (Å²) in [6, 6.07) is 0.0673. The Kier molecular flexibility index (Phi) is 4.18. The first kappa shape index (κ1) is 15.1. The Morgan fingerprint density at radius 3 is 2.91 bits per heavy atom. The van der Waals surface area contributed by atoms with Gasteiger partial charge in [-0.15, -0.1) is 0 Å². The number of piperidine rings is 1. The van der Waals surface area contributed by atoms with Crippen LogP contribution in [-0.2, 0) is 23.1 Å². The molecule has 0 aromatic carbocycles. The Morgan fingerprint density at radius 2 is 2.14 bits per heavy atom. The van der Waals surface area contributed by atoms with E-state index in [-0.39, 0.29) is 23.8 Å². The number of hydrogen-bond acceptors (Lipinski definition) is 3. The highest BCUT2D eigenvalue weighted by Crippen LogP contribution is 2.30. The van der Waals surface area contributed by atoms with Crippen molar-refractivity contribution in [3.05, 3.63) is 17.5 Å². The molecule has 0 radical (unpaired) electrons. The molecule has 2 atom stereocenters. The van der Waals surface area contributed by atoms with Crippen LogP contribution in [-0.4, -0.2) is 39.6 Å². The summed E-state index contributed by atoms with van der Waals surface area (Å²) in [5.41, 5.74) is 2.38. The molecular formula is C16H24N4O2. The number of carbonyl (C=O) groups is 2. The third kappa shape index (κ3) is 2.87. The van der Waals surface area contributed by atoms with Crippen molar-refractivity contribution < 1.29 is 9.59 Å². The van der Waals surface area contributed by atoms with Crippen LogP contribution in [0.15, 0.2) is 6.20 Å². The number of amides is 2. The van der Waals surface area contributed by atoms with Crippen molar-refractivity contribution in [3.8, 4) is 0 Å². The maximum atomic E-state index is 12.6. The Morgan fingerprint density at radius 1 is 1.32 bits per heavy atom. The minimum atomic E-state index is -0.0836. The van der Waals surface area contributed by atoms with E-state index in [0.717, 1.165) is 44.2 Å². The zero-order valence-corrected chi connectivity index (χ0v) is 13.3. The van der Waals surface area contributed by atoms with Gasteiger partial charge in [-0.25, -0.2) is 0 Å². The molecule has 2 aliphatic rings. The quantitative estimate of drug-likeness (QED) is 0.892. The molecule has 1 fully saturated rings. The van der Waals surface area contributed by atoms with Crippen LogP contribution in [0, 0.1) is 5.92 Å².